The first-order valence-electron chi connectivity index (χ1n) is 6.03. The molecule has 0 spiro atoms. The van der Waals surface area contributed by atoms with Crippen LogP contribution in [0, 0.1) is 10.1 Å². The molecule has 0 bridgehead atoms. The minimum Gasteiger partial charge on any atom is -0.282 e. The summed E-state index contributed by atoms with van der Waals surface area (Å²) in [6.45, 7) is 2.36. The lowest BCUT2D eigenvalue weighted by Crippen LogP contribution is -2.22. The summed E-state index contributed by atoms with van der Waals surface area (Å²) in [5.74, 6) is 0.662. The molecule has 20 heavy (non-hydrogen) atoms. The van der Waals surface area contributed by atoms with Crippen molar-refractivity contribution in [2.24, 2.45) is 5.10 Å². The van der Waals surface area contributed by atoms with Gasteiger partial charge in [-0.2, -0.15) is 4.98 Å². The molecule has 2 rings (SSSR count). The molecular formula is C11H13ClN6O2. The molecule has 0 aromatic carbocycles. The first kappa shape index (κ1) is 14.2. The third-order valence-electron chi connectivity index (χ3n) is 2.53. The van der Waals surface area contributed by atoms with Crippen LogP contribution in [0.2, 0.25) is 5.15 Å². The van der Waals surface area contributed by atoms with Gasteiger partial charge in [0.2, 0.25) is 0 Å². The van der Waals surface area contributed by atoms with Gasteiger partial charge in [-0.1, -0.05) is 24.6 Å². The minimum absolute atomic E-state index is 0.0356. The van der Waals surface area contributed by atoms with Gasteiger partial charge in [-0.25, -0.2) is 19.8 Å². The molecular weight excluding hydrogens is 284 g/mol. The van der Waals surface area contributed by atoms with Gasteiger partial charge in [0.15, 0.2) is 5.03 Å². The van der Waals surface area contributed by atoms with Crippen molar-refractivity contribution in [3.63, 3.8) is 0 Å². The van der Waals surface area contributed by atoms with Gasteiger partial charge in [0.25, 0.3) is 0 Å². The highest BCUT2D eigenvalue weighted by Gasteiger charge is 2.07. The van der Waals surface area contributed by atoms with Crippen molar-refractivity contribution in [3.05, 3.63) is 50.6 Å². The molecule has 8 nitrogen and oxygen atoms in total. The number of H-pyrrole nitrogens is 1. The van der Waals surface area contributed by atoms with E-state index < -0.39 is 5.03 Å². The number of hydrogen-bond donors (Lipinski definition) is 1. The number of aromatic nitrogens is 4. The quantitative estimate of drug-likeness (QED) is 0.511. The number of nitrogens with one attached hydrogen (secondary N) is 1. The number of hydrogen-bond acceptors (Lipinski definition) is 4. The zero-order chi connectivity index (χ0) is 14.5. The summed E-state index contributed by atoms with van der Waals surface area (Å²) in [5.41, 5.74) is 0.874. The van der Waals surface area contributed by atoms with Gasteiger partial charge in [0.1, 0.15) is 16.1 Å². The Bertz CT molecular complexity index is 660. The van der Waals surface area contributed by atoms with Gasteiger partial charge in [-0.15, -0.1) is 0 Å². The third kappa shape index (κ3) is 3.64. The fourth-order valence-corrected chi connectivity index (χ4v) is 1.81. The molecule has 0 amide bonds. The zero-order valence-electron chi connectivity index (χ0n) is 10.8. The molecule has 0 atom stereocenters. The predicted octanol–water partition coefficient (Wildman–Crippen LogP) is 1.35. The summed E-state index contributed by atoms with van der Waals surface area (Å²) in [6, 6.07) is 3.45. The van der Waals surface area contributed by atoms with Gasteiger partial charge in [-0.3, -0.25) is 5.10 Å². The summed E-state index contributed by atoms with van der Waals surface area (Å²) >= 11 is 5.71. The molecule has 0 aliphatic carbocycles. The number of halogens is 1. The minimum atomic E-state index is -0.761. The maximum atomic E-state index is 10.5. The van der Waals surface area contributed by atoms with E-state index >= 15 is 0 Å². The summed E-state index contributed by atoms with van der Waals surface area (Å²) < 4.78 is 1.51. The van der Waals surface area contributed by atoms with Crippen molar-refractivity contribution in [1.82, 2.24) is 19.7 Å². The highest BCUT2D eigenvalue weighted by Crippen LogP contribution is 2.06. The Balaban J connectivity index is 2.34. The number of nitrogens with zero attached hydrogens (tertiary/aromatic N) is 5. The third-order valence-corrected chi connectivity index (χ3v) is 2.75. The standard InChI is InChI=1S/C11H13ClN6O2/c1-2-3-10-14-11(16-18(19)20)17(15-10)7-8-4-5-9(12)13-6-8/h4-6H,2-3,7H2,1H3,(H,14,15,16). The average Bonchev–Trinajstić information content (AvgIpc) is 2.74. The SMILES string of the molecule is CCCc1n/c(=N\[N+](=O)[O-])n(Cc2ccc(Cl)nc2)[nH]1. The molecule has 0 fully saturated rings. The Kier molecular flexibility index (Phi) is 4.46. The Morgan fingerprint density at radius 3 is 2.95 bits per heavy atom. The van der Waals surface area contributed by atoms with Gasteiger partial charge >= 0.3 is 5.62 Å². The molecule has 0 radical (unpaired) electrons. The monoisotopic (exact) mass is 296 g/mol. The second-order valence-electron chi connectivity index (χ2n) is 4.13. The molecule has 2 aromatic heterocycles. The van der Waals surface area contributed by atoms with Gasteiger partial charge < -0.3 is 0 Å². The predicted molar refractivity (Wildman–Crippen MR) is 71.5 cm³/mol. The fraction of sp³-hybridized carbons (Fsp3) is 0.364. The zero-order valence-corrected chi connectivity index (χ0v) is 11.5. The van der Waals surface area contributed by atoms with Crippen molar-refractivity contribution >= 4 is 11.6 Å². The highest BCUT2D eigenvalue weighted by atomic mass is 35.5. The van der Waals surface area contributed by atoms with Crippen LogP contribution >= 0.6 is 11.6 Å². The Morgan fingerprint density at radius 2 is 2.35 bits per heavy atom. The van der Waals surface area contributed by atoms with E-state index in [4.69, 9.17) is 11.6 Å². The van der Waals surface area contributed by atoms with Gasteiger partial charge in [-0.05, 0) is 18.1 Å². The number of rotatable bonds is 5. The van der Waals surface area contributed by atoms with E-state index in [0.717, 1.165) is 12.0 Å². The van der Waals surface area contributed by atoms with Crippen LogP contribution in [0.1, 0.15) is 24.7 Å². The lowest BCUT2D eigenvalue weighted by molar-refractivity contribution is -0.491. The maximum Gasteiger partial charge on any atom is 0.318 e. The van der Waals surface area contributed by atoms with E-state index in [2.05, 4.69) is 20.2 Å². The molecule has 0 aliphatic heterocycles. The molecule has 0 saturated carbocycles. The van der Waals surface area contributed by atoms with Crippen LogP contribution < -0.4 is 5.62 Å². The first-order valence-corrected chi connectivity index (χ1v) is 6.41. The number of nitro groups is 1. The Labute approximate surface area is 119 Å². The van der Waals surface area contributed by atoms with Crippen LogP contribution in [0.15, 0.2) is 23.4 Å². The molecule has 106 valence electrons. The van der Waals surface area contributed by atoms with Gasteiger partial charge in [0.05, 0.1) is 6.54 Å². The normalized spacial score (nSPS) is 11.8. The van der Waals surface area contributed by atoms with E-state index in [1.54, 1.807) is 18.3 Å². The smallest absolute Gasteiger partial charge is 0.282 e. The topological polar surface area (TPSA) is 102 Å². The van der Waals surface area contributed by atoms with Crippen LogP contribution in [-0.2, 0) is 13.0 Å². The summed E-state index contributed by atoms with van der Waals surface area (Å²) in [5, 5.41) is 16.4. The second kappa shape index (κ2) is 6.29. The van der Waals surface area contributed by atoms with Crippen LogP contribution in [0.4, 0.5) is 0 Å². The van der Waals surface area contributed by atoms with Crippen molar-refractivity contribution in [3.8, 4) is 0 Å². The largest absolute Gasteiger partial charge is 0.318 e. The number of aromatic amines is 1. The molecule has 1 N–H and O–H groups in total. The molecule has 0 saturated heterocycles. The number of aryl methyl sites for hydroxylation is 1. The summed E-state index contributed by atoms with van der Waals surface area (Å²) in [4.78, 5) is 18.6. The number of pyridine rings is 1. The van der Waals surface area contributed by atoms with E-state index in [0.29, 0.717) is 23.9 Å². The van der Waals surface area contributed by atoms with Crippen molar-refractivity contribution < 1.29 is 5.03 Å². The highest BCUT2D eigenvalue weighted by molar-refractivity contribution is 6.29. The van der Waals surface area contributed by atoms with Crippen molar-refractivity contribution in [1.29, 1.82) is 0 Å². The molecule has 9 heteroatoms. The molecule has 0 unspecified atom stereocenters. The molecule has 2 aromatic rings. The van der Waals surface area contributed by atoms with E-state index in [1.165, 1.54) is 4.68 Å². The van der Waals surface area contributed by atoms with Crippen molar-refractivity contribution in [2.45, 2.75) is 26.3 Å². The van der Waals surface area contributed by atoms with Gasteiger partial charge in [0, 0.05) is 12.6 Å². The maximum absolute atomic E-state index is 10.5. The first-order chi connectivity index (χ1) is 9.58. The molecule has 2 heterocycles. The lowest BCUT2D eigenvalue weighted by Gasteiger charge is -2.01. The fourth-order valence-electron chi connectivity index (χ4n) is 1.70. The van der Waals surface area contributed by atoms with Crippen LogP contribution in [-0.4, -0.2) is 24.8 Å². The lowest BCUT2D eigenvalue weighted by atomic mass is 10.3. The summed E-state index contributed by atoms with van der Waals surface area (Å²) in [6.07, 6.45) is 3.19. The van der Waals surface area contributed by atoms with Crippen molar-refractivity contribution in [2.75, 3.05) is 0 Å². The Morgan fingerprint density at radius 1 is 1.55 bits per heavy atom. The van der Waals surface area contributed by atoms with Crippen LogP contribution in [0.3, 0.4) is 0 Å². The second-order valence-corrected chi connectivity index (χ2v) is 4.52. The van der Waals surface area contributed by atoms with Crippen LogP contribution in [0.5, 0.6) is 0 Å². The van der Waals surface area contributed by atoms with E-state index in [-0.39, 0.29) is 5.62 Å². The summed E-state index contributed by atoms with van der Waals surface area (Å²) in [7, 11) is 0. The average molecular weight is 297 g/mol. The Hall–Kier alpha value is -2.22. The van der Waals surface area contributed by atoms with E-state index in [9.17, 15) is 10.1 Å². The van der Waals surface area contributed by atoms with E-state index in [1.807, 2.05) is 6.92 Å². The van der Waals surface area contributed by atoms with Crippen LogP contribution in [0.25, 0.3) is 0 Å². The molecule has 0 aliphatic rings.